The highest BCUT2D eigenvalue weighted by molar-refractivity contribution is 7.99. The van der Waals surface area contributed by atoms with E-state index in [0.29, 0.717) is 0 Å². The molecule has 1 nitrogen and oxygen atoms in total. The molecule has 1 atom stereocenters. The van der Waals surface area contributed by atoms with Gasteiger partial charge in [0.1, 0.15) is 0 Å². The van der Waals surface area contributed by atoms with Gasteiger partial charge in [0.15, 0.2) is 0 Å². The first kappa shape index (κ1) is 12.0. The van der Waals surface area contributed by atoms with Gasteiger partial charge in [-0.2, -0.15) is 0 Å². The molecule has 88 valence electrons. The molecule has 0 unspecified atom stereocenters. The van der Waals surface area contributed by atoms with Crippen molar-refractivity contribution in [2.45, 2.75) is 43.5 Å². The lowest BCUT2D eigenvalue weighted by Gasteiger charge is -2.23. The molecule has 0 aromatic heterocycles. The summed E-state index contributed by atoms with van der Waals surface area (Å²) < 4.78 is 0. The van der Waals surface area contributed by atoms with E-state index in [1.54, 1.807) is 0 Å². The Labute approximate surface area is 103 Å². The molecule has 0 aliphatic carbocycles. The first-order valence-corrected chi connectivity index (χ1v) is 7.26. The minimum Gasteiger partial charge on any atom is -0.314 e. The van der Waals surface area contributed by atoms with Gasteiger partial charge in [0.2, 0.25) is 0 Å². The van der Waals surface area contributed by atoms with Crippen LogP contribution in [0, 0.1) is 6.92 Å². The van der Waals surface area contributed by atoms with Gasteiger partial charge in [0, 0.05) is 10.9 Å². The van der Waals surface area contributed by atoms with Crippen LogP contribution in [0.2, 0.25) is 0 Å². The fourth-order valence-electron chi connectivity index (χ4n) is 2.12. The van der Waals surface area contributed by atoms with Crippen LogP contribution in [0.5, 0.6) is 0 Å². The summed E-state index contributed by atoms with van der Waals surface area (Å²) in [5, 5.41) is 3.60. The molecule has 1 aliphatic rings. The van der Waals surface area contributed by atoms with Crippen molar-refractivity contribution in [1.29, 1.82) is 0 Å². The number of benzene rings is 1. The van der Waals surface area contributed by atoms with Gasteiger partial charge >= 0.3 is 0 Å². The van der Waals surface area contributed by atoms with Gasteiger partial charge in [-0.25, -0.2) is 0 Å². The topological polar surface area (TPSA) is 12.0 Å². The van der Waals surface area contributed by atoms with Crippen LogP contribution in [-0.2, 0) is 0 Å². The molecule has 1 heterocycles. The molecule has 0 saturated carbocycles. The van der Waals surface area contributed by atoms with E-state index in [1.807, 2.05) is 11.8 Å². The van der Waals surface area contributed by atoms with Gasteiger partial charge in [-0.1, -0.05) is 24.1 Å². The second-order valence-corrected chi connectivity index (χ2v) is 5.77. The summed E-state index contributed by atoms with van der Waals surface area (Å²) in [6.07, 6.45) is 5.45. The third-order valence-electron chi connectivity index (χ3n) is 3.17. The first-order valence-electron chi connectivity index (χ1n) is 6.27. The minimum atomic E-state index is 0.770. The molecule has 2 rings (SSSR count). The SMILES string of the molecule is Cc1ccc(SCC[C@@H]2CCCCN2)cc1. The first-order chi connectivity index (χ1) is 7.84. The summed E-state index contributed by atoms with van der Waals surface area (Å²) in [6, 6.07) is 9.62. The van der Waals surface area contributed by atoms with E-state index < -0.39 is 0 Å². The predicted molar refractivity (Wildman–Crippen MR) is 72.2 cm³/mol. The van der Waals surface area contributed by atoms with E-state index in [0.717, 1.165) is 6.04 Å². The molecule has 1 aromatic carbocycles. The number of hydrogen-bond donors (Lipinski definition) is 1. The third kappa shape index (κ3) is 3.84. The predicted octanol–water partition coefficient (Wildman–Crippen LogP) is 3.62. The van der Waals surface area contributed by atoms with Gasteiger partial charge in [-0.05, 0) is 50.6 Å². The average Bonchev–Trinajstić information content (AvgIpc) is 2.33. The number of piperidine rings is 1. The van der Waals surface area contributed by atoms with Crippen LogP contribution in [0.15, 0.2) is 29.2 Å². The Kier molecular flexibility index (Phi) is 4.73. The zero-order valence-electron chi connectivity index (χ0n) is 10.0. The van der Waals surface area contributed by atoms with E-state index in [1.165, 1.54) is 48.4 Å². The molecule has 1 fully saturated rings. The average molecular weight is 235 g/mol. The van der Waals surface area contributed by atoms with Crippen LogP contribution < -0.4 is 5.32 Å². The maximum Gasteiger partial charge on any atom is 0.00750 e. The number of nitrogens with one attached hydrogen (secondary N) is 1. The molecule has 1 aromatic rings. The lowest BCUT2D eigenvalue weighted by molar-refractivity contribution is 0.395. The largest absolute Gasteiger partial charge is 0.314 e. The Morgan fingerprint density at radius 2 is 2.06 bits per heavy atom. The van der Waals surface area contributed by atoms with Crippen molar-refractivity contribution in [3.8, 4) is 0 Å². The van der Waals surface area contributed by atoms with Crippen molar-refractivity contribution < 1.29 is 0 Å². The molecular weight excluding hydrogens is 214 g/mol. The van der Waals surface area contributed by atoms with Gasteiger partial charge in [0.05, 0.1) is 0 Å². The molecular formula is C14H21NS. The summed E-state index contributed by atoms with van der Waals surface area (Å²) in [4.78, 5) is 1.40. The fraction of sp³-hybridized carbons (Fsp3) is 0.571. The van der Waals surface area contributed by atoms with Gasteiger partial charge in [-0.15, -0.1) is 11.8 Å². The monoisotopic (exact) mass is 235 g/mol. The molecule has 1 saturated heterocycles. The second kappa shape index (κ2) is 6.31. The molecule has 16 heavy (non-hydrogen) atoms. The second-order valence-electron chi connectivity index (χ2n) is 4.60. The quantitative estimate of drug-likeness (QED) is 0.800. The smallest absolute Gasteiger partial charge is 0.00750 e. The van der Waals surface area contributed by atoms with Crippen molar-refractivity contribution in [2.24, 2.45) is 0 Å². The van der Waals surface area contributed by atoms with Crippen LogP contribution >= 0.6 is 11.8 Å². The van der Waals surface area contributed by atoms with Crippen molar-refractivity contribution in [3.05, 3.63) is 29.8 Å². The maximum absolute atomic E-state index is 3.60. The Bertz CT molecular complexity index is 301. The Morgan fingerprint density at radius 1 is 1.25 bits per heavy atom. The highest BCUT2D eigenvalue weighted by Gasteiger charge is 2.11. The van der Waals surface area contributed by atoms with Crippen molar-refractivity contribution in [1.82, 2.24) is 5.32 Å². The number of thioether (sulfide) groups is 1. The summed E-state index contributed by atoms with van der Waals surface area (Å²) >= 11 is 1.98. The van der Waals surface area contributed by atoms with Crippen LogP contribution in [0.3, 0.4) is 0 Å². The van der Waals surface area contributed by atoms with E-state index in [-0.39, 0.29) is 0 Å². The summed E-state index contributed by atoms with van der Waals surface area (Å²) in [5.41, 5.74) is 1.35. The molecule has 0 spiro atoms. The Morgan fingerprint density at radius 3 is 2.75 bits per heavy atom. The van der Waals surface area contributed by atoms with E-state index >= 15 is 0 Å². The van der Waals surface area contributed by atoms with Crippen molar-refractivity contribution >= 4 is 11.8 Å². The van der Waals surface area contributed by atoms with Crippen LogP contribution in [0.1, 0.15) is 31.2 Å². The van der Waals surface area contributed by atoms with E-state index in [9.17, 15) is 0 Å². The summed E-state index contributed by atoms with van der Waals surface area (Å²) in [7, 11) is 0. The summed E-state index contributed by atoms with van der Waals surface area (Å²) in [5.74, 6) is 1.24. The van der Waals surface area contributed by atoms with Gasteiger partial charge < -0.3 is 5.32 Å². The third-order valence-corrected chi connectivity index (χ3v) is 4.21. The number of rotatable bonds is 4. The molecule has 1 aliphatic heterocycles. The normalized spacial score (nSPS) is 20.9. The molecule has 0 radical (unpaired) electrons. The van der Waals surface area contributed by atoms with Gasteiger partial charge in [-0.3, -0.25) is 0 Å². The van der Waals surface area contributed by atoms with Crippen LogP contribution in [0.25, 0.3) is 0 Å². The highest BCUT2D eigenvalue weighted by Crippen LogP contribution is 2.21. The number of hydrogen-bond acceptors (Lipinski definition) is 2. The summed E-state index contributed by atoms with van der Waals surface area (Å²) in [6.45, 7) is 3.36. The molecule has 2 heteroatoms. The highest BCUT2D eigenvalue weighted by atomic mass is 32.2. The molecule has 0 bridgehead atoms. The van der Waals surface area contributed by atoms with Crippen molar-refractivity contribution in [3.63, 3.8) is 0 Å². The zero-order chi connectivity index (χ0) is 11.2. The lowest BCUT2D eigenvalue weighted by atomic mass is 10.0. The van der Waals surface area contributed by atoms with Crippen molar-refractivity contribution in [2.75, 3.05) is 12.3 Å². The Balaban J connectivity index is 1.69. The zero-order valence-corrected chi connectivity index (χ0v) is 10.9. The Hall–Kier alpha value is -0.470. The van der Waals surface area contributed by atoms with Gasteiger partial charge in [0.25, 0.3) is 0 Å². The van der Waals surface area contributed by atoms with Crippen LogP contribution in [-0.4, -0.2) is 18.3 Å². The molecule has 0 amide bonds. The number of aryl methyl sites for hydroxylation is 1. The minimum absolute atomic E-state index is 0.770. The standard InChI is InChI=1S/C14H21NS/c1-12-5-7-14(8-6-12)16-11-9-13-4-2-3-10-15-13/h5-8,13,15H,2-4,9-11H2,1H3/t13-/m0/s1. The maximum atomic E-state index is 3.60. The van der Waals surface area contributed by atoms with E-state index in [4.69, 9.17) is 0 Å². The lowest BCUT2D eigenvalue weighted by Crippen LogP contribution is -2.34. The molecule has 1 N–H and O–H groups in total. The van der Waals surface area contributed by atoms with E-state index in [2.05, 4.69) is 36.5 Å². The van der Waals surface area contributed by atoms with Crippen LogP contribution in [0.4, 0.5) is 0 Å². The fourth-order valence-corrected chi connectivity index (χ4v) is 3.09.